The maximum Gasteiger partial charge on any atom is 0.324 e. The van der Waals surface area contributed by atoms with Crippen LogP contribution in [0.3, 0.4) is 0 Å². The molecule has 0 radical (unpaired) electrons. The first kappa shape index (κ1) is 22.9. The fourth-order valence-electron chi connectivity index (χ4n) is 6.97. The minimum absolute atomic E-state index is 0.103. The van der Waals surface area contributed by atoms with Gasteiger partial charge < -0.3 is 10.1 Å². The number of carbonyl (C=O) groups excluding carboxylic acids is 2. The molecule has 4 aliphatic carbocycles. The summed E-state index contributed by atoms with van der Waals surface area (Å²) in [4.78, 5) is 30.2. The van der Waals surface area contributed by atoms with Crippen LogP contribution in [0.25, 0.3) is 5.65 Å². The van der Waals surface area contributed by atoms with Crippen molar-refractivity contribution in [3.8, 4) is 6.07 Å². The van der Waals surface area contributed by atoms with E-state index in [2.05, 4.69) is 10.3 Å². The Balaban J connectivity index is 1.29. The SMILES string of the molecule is CC(C)(C)OC(=O)C(C#N)Cc1cn2c(C(=O)NCC34CC5CC(CC(C5)C3)C4)cccc2n1. The van der Waals surface area contributed by atoms with Gasteiger partial charge in [-0.3, -0.25) is 14.0 Å². The number of esters is 1. The number of imidazole rings is 1. The molecular weight excluding hydrogens is 428 g/mol. The van der Waals surface area contributed by atoms with Gasteiger partial charge in [0.2, 0.25) is 0 Å². The monoisotopic (exact) mass is 462 g/mol. The van der Waals surface area contributed by atoms with Gasteiger partial charge >= 0.3 is 5.97 Å². The molecule has 0 aliphatic heterocycles. The summed E-state index contributed by atoms with van der Waals surface area (Å²) in [6.45, 7) is 6.07. The second-order valence-electron chi connectivity index (χ2n) is 11.9. The summed E-state index contributed by atoms with van der Waals surface area (Å²) in [5.74, 6) is 0.940. The number of nitriles is 1. The zero-order valence-corrected chi connectivity index (χ0v) is 20.3. The highest BCUT2D eigenvalue weighted by molar-refractivity contribution is 5.93. The summed E-state index contributed by atoms with van der Waals surface area (Å²) >= 11 is 0. The smallest absolute Gasteiger partial charge is 0.324 e. The average molecular weight is 463 g/mol. The van der Waals surface area contributed by atoms with E-state index in [1.54, 1.807) is 37.4 Å². The topological polar surface area (TPSA) is 96.5 Å². The quantitative estimate of drug-likeness (QED) is 0.646. The van der Waals surface area contributed by atoms with Crippen LogP contribution in [0, 0.1) is 40.4 Å². The van der Waals surface area contributed by atoms with E-state index < -0.39 is 17.5 Å². The number of carbonyl (C=O) groups is 2. The van der Waals surface area contributed by atoms with Crippen molar-refractivity contribution in [3.63, 3.8) is 0 Å². The van der Waals surface area contributed by atoms with Crippen molar-refractivity contribution in [1.29, 1.82) is 5.26 Å². The van der Waals surface area contributed by atoms with Crippen LogP contribution < -0.4 is 5.32 Å². The van der Waals surface area contributed by atoms with E-state index >= 15 is 0 Å². The average Bonchev–Trinajstić information content (AvgIpc) is 3.16. The maximum absolute atomic E-state index is 13.2. The van der Waals surface area contributed by atoms with E-state index in [-0.39, 0.29) is 17.7 Å². The predicted octanol–water partition coefficient (Wildman–Crippen LogP) is 4.30. The minimum Gasteiger partial charge on any atom is -0.459 e. The standard InChI is InChI=1S/C27H34N4O3/c1-26(2,3)34-25(33)20(14-28)10-21-15-31-22(5-4-6-23(31)30-21)24(32)29-16-27-11-17-7-18(12-27)9-19(8-17)13-27/h4-6,15,17-20H,7-13,16H2,1-3H3,(H,29,32). The molecule has 1 amide bonds. The fourth-order valence-corrected chi connectivity index (χ4v) is 6.97. The number of amides is 1. The van der Waals surface area contributed by atoms with Crippen LogP contribution in [-0.2, 0) is 16.0 Å². The van der Waals surface area contributed by atoms with Crippen molar-refractivity contribution in [3.05, 3.63) is 35.8 Å². The highest BCUT2D eigenvalue weighted by Gasteiger charge is 2.50. The number of fused-ring (bicyclic) bond motifs is 1. The largest absolute Gasteiger partial charge is 0.459 e. The summed E-state index contributed by atoms with van der Waals surface area (Å²) in [5, 5.41) is 12.7. The Bertz CT molecular complexity index is 1120. The Kier molecular flexibility index (Phi) is 5.66. The van der Waals surface area contributed by atoms with Crippen molar-refractivity contribution in [1.82, 2.24) is 14.7 Å². The summed E-state index contributed by atoms with van der Waals surface area (Å²) < 4.78 is 7.13. The van der Waals surface area contributed by atoms with Crippen LogP contribution in [0.5, 0.6) is 0 Å². The number of nitrogens with zero attached hydrogens (tertiary/aromatic N) is 3. The fraction of sp³-hybridized carbons (Fsp3) is 0.630. The summed E-state index contributed by atoms with van der Waals surface area (Å²) in [6.07, 6.45) is 9.80. The van der Waals surface area contributed by atoms with Gasteiger partial charge in [0.05, 0.1) is 11.8 Å². The Hall–Kier alpha value is -2.88. The number of rotatable bonds is 6. The second kappa shape index (κ2) is 8.41. The molecule has 1 N–H and O–H groups in total. The summed E-state index contributed by atoms with van der Waals surface area (Å²) in [5.41, 5.74) is 1.34. The first-order valence-corrected chi connectivity index (χ1v) is 12.5. The van der Waals surface area contributed by atoms with Gasteiger partial charge in [0.1, 0.15) is 22.9 Å². The second-order valence-corrected chi connectivity index (χ2v) is 11.9. The van der Waals surface area contributed by atoms with Gasteiger partial charge in [0, 0.05) is 19.2 Å². The minimum atomic E-state index is -0.947. The summed E-state index contributed by atoms with van der Waals surface area (Å²) in [6, 6.07) is 7.48. The first-order valence-electron chi connectivity index (χ1n) is 12.5. The molecule has 34 heavy (non-hydrogen) atoms. The lowest BCUT2D eigenvalue weighted by atomic mass is 9.49. The van der Waals surface area contributed by atoms with Crippen molar-refractivity contribution in [2.75, 3.05) is 6.54 Å². The van der Waals surface area contributed by atoms with E-state index in [0.29, 0.717) is 17.0 Å². The Morgan fingerprint density at radius 2 is 1.85 bits per heavy atom. The molecule has 4 bridgehead atoms. The van der Waals surface area contributed by atoms with E-state index in [9.17, 15) is 14.9 Å². The third kappa shape index (κ3) is 4.55. The molecule has 2 aromatic heterocycles. The lowest BCUT2D eigenvalue weighted by Crippen LogP contribution is -2.51. The van der Waals surface area contributed by atoms with Crippen molar-refractivity contribution >= 4 is 17.5 Å². The molecule has 180 valence electrons. The van der Waals surface area contributed by atoms with Crippen LogP contribution >= 0.6 is 0 Å². The molecule has 7 nitrogen and oxygen atoms in total. The maximum atomic E-state index is 13.2. The van der Waals surface area contributed by atoms with Crippen molar-refractivity contribution in [2.24, 2.45) is 29.1 Å². The zero-order valence-electron chi connectivity index (χ0n) is 20.3. The van der Waals surface area contributed by atoms with Crippen LogP contribution in [0.4, 0.5) is 0 Å². The molecular formula is C27H34N4O3. The van der Waals surface area contributed by atoms with E-state index in [4.69, 9.17) is 4.74 Å². The third-order valence-corrected chi connectivity index (χ3v) is 7.82. The molecule has 7 heteroatoms. The Labute approximate surface area is 200 Å². The van der Waals surface area contributed by atoms with Gasteiger partial charge in [0.15, 0.2) is 0 Å². The number of ether oxygens (including phenoxy) is 1. The van der Waals surface area contributed by atoms with Gasteiger partial charge in [-0.1, -0.05) is 6.07 Å². The molecule has 0 spiro atoms. The van der Waals surface area contributed by atoms with Gasteiger partial charge in [-0.05, 0) is 94.6 Å². The molecule has 2 heterocycles. The molecule has 1 atom stereocenters. The van der Waals surface area contributed by atoms with Gasteiger partial charge in [-0.2, -0.15) is 5.26 Å². The Morgan fingerprint density at radius 3 is 2.44 bits per heavy atom. The predicted molar refractivity (Wildman–Crippen MR) is 127 cm³/mol. The molecule has 6 rings (SSSR count). The van der Waals surface area contributed by atoms with Gasteiger partial charge in [-0.15, -0.1) is 0 Å². The molecule has 0 saturated heterocycles. The van der Waals surface area contributed by atoms with E-state index in [1.165, 1.54) is 38.5 Å². The first-order chi connectivity index (χ1) is 16.1. The number of pyridine rings is 1. The number of hydrogen-bond donors (Lipinski definition) is 1. The van der Waals surface area contributed by atoms with E-state index in [0.717, 1.165) is 24.3 Å². The number of nitrogens with one attached hydrogen (secondary N) is 1. The van der Waals surface area contributed by atoms with Crippen molar-refractivity contribution < 1.29 is 14.3 Å². The van der Waals surface area contributed by atoms with E-state index in [1.807, 2.05) is 18.2 Å². The molecule has 4 saturated carbocycles. The van der Waals surface area contributed by atoms with Gasteiger partial charge in [-0.25, -0.2) is 4.98 Å². The lowest BCUT2D eigenvalue weighted by molar-refractivity contribution is -0.157. The lowest BCUT2D eigenvalue weighted by Gasteiger charge is -2.56. The van der Waals surface area contributed by atoms with Crippen molar-refractivity contribution in [2.45, 2.75) is 71.3 Å². The van der Waals surface area contributed by atoms with Crippen LogP contribution in [0.2, 0.25) is 0 Å². The number of aromatic nitrogens is 2. The van der Waals surface area contributed by atoms with Crippen LogP contribution in [0.15, 0.2) is 24.4 Å². The normalized spacial score (nSPS) is 28.5. The number of hydrogen-bond acceptors (Lipinski definition) is 5. The molecule has 1 unspecified atom stereocenters. The molecule has 0 aromatic carbocycles. The molecule has 4 fully saturated rings. The zero-order chi connectivity index (χ0) is 24.1. The highest BCUT2D eigenvalue weighted by Crippen LogP contribution is 2.59. The van der Waals surface area contributed by atoms with Gasteiger partial charge in [0.25, 0.3) is 5.91 Å². The Morgan fingerprint density at radius 1 is 1.21 bits per heavy atom. The van der Waals surface area contributed by atoms with Crippen LogP contribution in [0.1, 0.15) is 75.5 Å². The van der Waals surface area contributed by atoms with Crippen LogP contribution in [-0.4, -0.2) is 33.4 Å². The third-order valence-electron chi connectivity index (χ3n) is 7.82. The molecule has 4 aliphatic rings. The summed E-state index contributed by atoms with van der Waals surface area (Å²) in [7, 11) is 0. The molecule has 2 aromatic rings. The highest BCUT2D eigenvalue weighted by atomic mass is 16.6.